The van der Waals surface area contributed by atoms with Crippen molar-refractivity contribution in [3.8, 4) is 47.1 Å². The zero-order valence-electron chi connectivity index (χ0n) is 23.0. The number of carboxylic acids is 2. The van der Waals surface area contributed by atoms with E-state index in [9.17, 15) is 9.59 Å². The second kappa shape index (κ2) is 12.5. The summed E-state index contributed by atoms with van der Waals surface area (Å²) in [5, 5.41) is 44.9. The molecule has 4 atom stereocenters. The Kier molecular flexibility index (Phi) is 8.04. The van der Waals surface area contributed by atoms with Gasteiger partial charge in [-0.25, -0.2) is 29.8 Å². The van der Waals surface area contributed by atoms with Crippen molar-refractivity contribution in [3.63, 3.8) is 0 Å². The minimum absolute atomic E-state index is 0.0840. The molecule has 16 nitrogen and oxygen atoms in total. The fourth-order valence-electron chi connectivity index (χ4n) is 5.47. The first kappa shape index (κ1) is 28.2. The molecule has 4 N–H and O–H groups in total. The van der Waals surface area contributed by atoms with Gasteiger partial charge in [0.2, 0.25) is 17.3 Å². The van der Waals surface area contributed by atoms with Crippen LogP contribution in [-0.4, -0.2) is 73.1 Å². The number of carbonyl (C=O) groups is 2. The van der Waals surface area contributed by atoms with Crippen molar-refractivity contribution < 1.29 is 29.3 Å². The lowest BCUT2D eigenvalue weighted by atomic mass is 9.88. The summed E-state index contributed by atoms with van der Waals surface area (Å²) < 4.78 is 10.8. The van der Waals surface area contributed by atoms with E-state index in [1.807, 2.05) is 0 Å². The SMILES string of the molecule is O=C(O)c1[nH]nnc1Oc1cnnc(C#CC2CCC(C3CCC(C#Cc4cnc(Oc5nn[nH]c5C(=O)O)cn4)C3)C2)c1. The molecule has 0 aromatic carbocycles. The molecular weight excluding hydrogens is 572 g/mol. The van der Waals surface area contributed by atoms with Crippen molar-refractivity contribution in [3.05, 3.63) is 47.4 Å². The Hall–Kier alpha value is -5.90. The molecule has 0 aliphatic heterocycles. The van der Waals surface area contributed by atoms with E-state index in [0.29, 0.717) is 23.2 Å². The maximum atomic E-state index is 11.2. The molecule has 0 bridgehead atoms. The van der Waals surface area contributed by atoms with Gasteiger partial charge in [0.05, 0.1) is 18.6 Å². The third kappa shape index (κ3) is 6.60. The summed E-state index contributed by atoms with van der Waals surface area (Å²) in [5.41, 5.74) is 0.383. The zero-order chi connectivity index (χ0) is 30.5. The molecule has 6 rings (SSSR count). The lowest BCUT2D eigenvalue weighted by molar-refractivity contribution is 0.0676. The lowest BCUT2D eigenvalue weighted by Gasteiger charge is -2.17. The molecule has 2 aliphatic rings. The average molecular weight is 597 g/mol. The van der Waals surface area contributed by atoms with Gasteiger partial charge in [-0.05, 0) is 62.2 Å². The smallest absolute Gasteiger partial charge is 0.359 e. The van der Waals surface area contributed by atoms with Crippen molar-refractivity contribution in [2.45, 2.75) is 38.5 Å². The topological polar surface area (TPSA) is 228 Å². The van der Waals surface area contributed by atoms with Crippen LogP contribution in [0.4, 0.5) is 0 Å². The predicted molar refractivity (Wildman–Crippen MR) is 146 cm³/mol. The monoisotopic (exact) mass is 596 g/mol. The molecule has 44 heavy (non-hydrogen) atoms. The van der Waals surface area contributed by atoms with Crippen molar-refractivity contribution in [1.29, 1.82) is 0 Å². The van der Waals surface area contributed by atoms with Crippen LogP contribution in [-0.2, 0) is 0 Å². The molecule has 4 unspecified atom stereocenters. The van der Waals surface area contributed by atoms with E-state index < -0.39 is 11.9 Å². The number of H-pyrrole nitrogens is 2. The molecule has 222 valence electrons. The molecule has 2 saturated carbocycles. The first-order valence-electron chi connectivity index (χ1n) is 13.7. The van der Waals surface area contributed by atoms with E-state index in [2.05, 4.69) is 74.7 Å². The summed E-state index contributed by atoms with van der Waals surface area (Å²) in [6.07, 6.45) is 10.5. The van der Waals surface area contributed by atoms with E-state index in [4.69, 9.17) is 19.7 Å². The molecule has 2 fully saturated rings. The fraction of sp³-hybridized carbons (Fsp3) is 0.357. The molecule has 16 heteroatoms. The number of carboxylic acid groups (broad SMARTS) is 2. The third-order valence-electron chi connectivity index (χ3n) is 7.56. The quantitative estimate of drug-likeness (QED) is 0.225. The number of aromatic carboxylic acids is 2. The summed E-state index contributed by atoms with van der Waals surface area (Å²) in [6.45, 7) is 0. The number of hydrogen-bond donors (Lipinski definition) is 4. The van der Waals surface area contributed by atoms with Gasteiger partial charge in [-0.3, -0.25) is 0 Å². The highest BCUT2D eigenvalue weighted by Gasteiger charge is 2.34. The second-order valence-electron chi connectivity index (χ2n) is 10.4. The summed E-state index contributed by atoms with van der Waals surface area (Å²) in [5.74, 6) is 12.1. The molecule has 4 aromatic heterocycles. The molecule has 0 spiro atoms. The minimum atomic E-state index is -1.25. The van der Waals surface area contributed by atoms with Crippen LogP contribution in [0.25, 0.3) is 0 Å². The first-order valence-corrected chi connectivity index (χ1v) is 13.7. The summed E-state index contributed by atoms with van der Waals surface area (Å²) in [4.78, 5) is 30.8. The summed E-state index contributed by atoms with van der Waals surface area (Å²) >= 11 is 0. The Morgan fingerprint density at radius 3 is 1.95 bits per heavy atom. The summed E-state index contributed by atoms with van der Waals surface area (Å²) in [7, 11) is 0. The van der Waals surface area contributed by atoms with Gasteiger partial charge in [0.1, 0.15) is 11.4 Å². The molecule has 2 aliphatic carbocycles. The number of aromatic amines is 2. The van der Waals surface area contributed by atoms with Gasteiger partial charge in [-0.2, -0.15) is 5.10 Å². The molecular formula is C28H24N10O6. The Balaban J connectivity index is 0.994. The highest BCUT2D eigenvalue weighted by molar-refractivity contribution is 5.88. The van der Waals surface area contributed by atoms with E-state index in [1.54, 1.807) is 6.07 Å². The van der Waals surface area contributed by atoms with Crippen LogP contribution >= 0.6 is 0 Å². The molecule has 0 radical (unpaired) electrons. The maximum absolute atomic E-state index is 11.2. The van der Waals surface area contributed by atoms with Crippen molar-refractivity contribution in [2.75, 3.05) is 0 Å². The van der Waals surface area contributed by atoms with Crippen LogP contribution in [0.1, 0.15) is 70.9 Å². The van der Waals surface area contributed by atoms with Crippen LogP contribution in [0, 0.1) is 47.4 Å². The van der Waals surface area contributed by atoms with E-state index in [-0.39, 0.29) is 46.6 Å². The lowest BCUT2D eigenvalue weighted by Crippen LogP contribution is -2.08. The van der Waals surface area contributed by atoms with E-state index >= 15 is 0 Å². The van der Waals surface area contributed by atoms with Gasteiger partial charge in [0.15, 0.2) is 5.75 Å². The number of rotatable bonds is 7. The minimum Gasteiger partial charge on any atom is -0.476 e. The van der Waals surface area contributed by atoms with Crippen molar-refractivity contribution in [1.82, 2.24) is 51.0 Å². The first-order chi connectivity index (χ1) is 21.4. The number of hydrogen-bond acceptors (Lipinski definition) is 12. The van der Waals surface area contributed by atoms with Gasteiger partial charge >= 0.3 is 11.9 Å². The van der Waals surface area contributed by atoms with Crippen LogP contribution in [0.5, 0.6) is 23.4 Å². The van der Waals surface area contributed by atoms with Gasteiger partial charge < -0.3 is 19.7 Å². The number of aromatic nitrogens is 10. The molecule has 4 heterocycles. The Bertz CT molecular complexity index is 1800. The Morgan fingerprint density at radius 1 is 0.750 bits per heavy atom. The van der Waals surface area contributed by atoms with Gasteiger partial charge in [-0.1, -0.05) is 32.5 Å². The summed E-state index contributed by atoms with van der Waals surface area (Å²) in [6, 6.07) is 1.59. The van der Waals surface area contributed by atoms with Crippen LogP contribution in [0.15, 0.2) is 24.7 Å². The fourth-order valence-corrected chi connectivity index (χ4v) is 5.47. The Morgan fingerprint density at radius 2 is 1.36 bits per heavy atom. The average Bonchev–Trinajstić information content (AvgIpc) is 3.83. The van der Waals surface area contributed by atoms with Gasteiger partial charge in [0.25, 0.3) is 11.8 Å². The zero-order valence-corrected chi connectivity index (χ0v) is 23.0. The van der Waals surface area contributed by atoms with Crippen LogP contribution in [0.3, 0.4) is 0 Å². The Labute approximate surface area is 249 Å². The molecule has 0 saturated heterocycles. The normalized spacial score (nSPS) is 20.6. The van der Waals surface area contributed by atoms with Crippen molar-refractivity contribution in [2.24, 2.45) is 23.7 Å². The van der Waals surface area contributed by atoms with Gasteiger partial charge in [-0.15, -0.1) is 5.10 Å². The molecule has 4 aromatic rings. The van der Waals surface area contributed by atoms with Crippen LogP contribution in [0.2, 0.25) is 0 Å². The highest BCUT2D eigenvalue weighted by Crippen LogP contribution is 2.44. The predicted octanol–water partition coefficient (Wildman–Crippen LogP) is 2.72. The number of ether oxygens (including phenoxy) is 2. The van der Waals surface area contributed by atoms with E-state index in [0.717, 1.165) is 38.5 Å². The van der Waals surface area contributed by atoms with E-state index in [1.165, 1.54) is 18.6 Å². The van der Waals surface area contributed by atoms with Gasteiger partial charge in [0, 0.05) is 17.9 Å². The highest BCUT2D eigenvalue weighted by atomic mass is 16.5. The largest absolute Gasteiger partial charge is 0.476 e. The van der Waals surface area contributed by atoms with Crippen LogP contribution < -0.4 is 9.47 Å². The second-order valence-corrected chi connectivity index (χ2v) is 10.4. The van der Waals surface area contributed by atoms with Crippen molar-refractivity contribution >= 4 is 11.9 Å². The number of nitrogens with one attached hydrogen (secondary N) is 2. The number of nitrogens with zero attached hydrogens (tertiary/aromatic N) is 8. The standard InChI is InChI=1S/C28H24N10O6/c39-27(40)23-25(35-37-33-23)43-21-11-19(32-31-13-21)7-3-15-1-5-17(9-15)18-6-2-16(10-18)4-8-20-12-30-22(14-29-20)44-26-24(28(41)42)34-38-36-26/h11-18H,1-2,5-6,9-10H2,(H,39,40)(H,41,42)(H,33,35,37)(H,34,36,38). The molecule has 0 amide bonds. The third-order valence-corrected chi connectivity index (χ3v) is 7.56. The maximum Gasteiger partial charge on any atom is 0.359 e.